The molecule has 1 fully saturated rings. The average Bonchev–Trinajstić information content (AvgIpc) is 2.75. The molecule has 0 spiro atoms. The molecule has 4 heteroatoms. The highest BCUT2D eigenvalue weighted by molar-refractivity contribution is 5.94. The molecule has 0 unspecified atom stereocenters. The van der Waals surface area contributed by atoms with Crippen LogP contribution in [0.1, 0.15) is 48.9 Å². The van der Waals surface area contributed by atoms with Gasteiger partial charge in [-0.1, -0.05) is 25.7 Å². The van der Waals surface area contributed by atoms with Crippen molar-refractivity contribution in [2.24, 2.45) is 0 Å². The summed E-state index contributed by atoms with van der Waals surface area (Å²) in [6.07, 6.45) is 8.86. The first-order valence-corrected chi connectivity index (χ1v) is 6.99. The van der Waals surface area contributed by atoms with E-state index in [0.717, 1.165) is 12.8 Å². The van der Waals surface area contributed by atoms with Crippen LogP contribution in [-0.4, -0.2) is 36.0 Å². The Labute approximate surface area is 114 Å². The monoisotopic (exact) mass is 262 g/mol. The minimum absolute atomic E-state index is 0.0575. The molecule has 0 bridgehead atoms. The minimum atomic E-state index is 0.0575. The summed E-state index contributed by atoms with van der Waals surface area (Å²) in [5.74, 6) is 0.593. The van der Waals surface area contributed by atoms with Crippen LogP contribution >= 0.6 is 0 Å². The number of nitrogens with zero attached hydrogens (tertiary/aromatic N) is 2. The minimum Gasteiger partial charge on any atom is -0.481 e. The van der Waals surface area contributed by atoms with Gasteiger partial charge < -0.3 is 9.64 Å². The predicted molar refractivity (Wildman–Crippen MR) is 74.4 cm³/mol. The molecule has 0 aliphatic heterocycles. The van der Waals surface area contributed by atoms with Gasteiger partial charge in [0.2, 0.25) is 5.88 Å². The topological polar surface area (TPSA) is 42.4 Å². The molecule has 1 amide bonds. The van der Waals surface area contributed by atoms with Gasteiger partial charge in [0.1, 0.15) is 0 Å². The molecule has 1 aromatic rings. The van der Waals surface area contributed by atoms with Crippen LogP contribution < -0.4 is 4.74 Å². The molecule has 0 aromatic carbocycles. The molecule has 0 radical (unpaired) electrons. The number of hydrogen-bond acceptors (Lipinski definition) is 3. The van der Waals surface area contributed by atoms with E-state index in [1.54, 1.807) is 25.4 Å². The Kier molecular flexibility index (Phi) is 4.77. The van der Waals surface area contributed by atoms with E-state index in [0.29, 0.717) is 17.5 Å². The third-order valence-corrected chi connectivity index (χ3v) is 3.89. The molecule has 1 aliphatic rings. The van der Waals surface area contributed by atoms with Crippen molar-refractivity contribution in [2.45, 2.75) is 44.6 Å². The average molecular weight is 262 g/mol. The van der Waals surface area contributed by atoms with E-state index < -0.39 is 0 Å². The fraction of sp³-hybridized carbons (Fsp3) is 0.600. The Morgan fingerprint density at radius 3 is 2.47 bits per heavy atom. The Hall–Kier alpha value is -1.58. The first-order valence-electron chi connectivity index (χ1n) is 6.99. The molecule has 0 N–H and O–H groups in total. The van der Waals surface area contributed by atoms with Gasteiger partial charge in [-0.15, -0.1) is 0 Å². The molecular formula is C15H22N2O2. The van der Waals surface area contributed by atoms with E-state index in [9.17, 15) is 4.79 Å². The second kappa shape index (κ2) is 6.55. The van der Waals surface area contributed by atoms with Crippen LogP contribution in [0.4, 0.5) is 0 Å². The Bertz CT molecular complexity index is 409. The van der Waals surface area contributed by atoms with Gasteiger partial charge in [-0.05, 0) is 18.9 Å². The quantitative estimate of drug-likeness (QED) is 0.787. The number of ether oxygens (including phenoxy) is 1. The van der Waals surface area contributed by atoms with E-state index in [1.165, 1.54) is 25.7 Å². The lowest BCUT2D eigenvalue weighted by Crippen LogP contribution is -2.36. The zero-order valence-electron chi connectivity index (χ0n) is 11.8. The van der Waals surface area contributed by atoms with Crippen molar-refractivity contribution in [3.63, 3.8) is 0 Å². The fourth-order valence-corrected chi connectivity index (χ4v) is 2.64. The summed E-state index contributed by atoms with van der Waals surface area (Å²) in [4.78, 5) is 18.4. The van der Waals surface area contributed by atoms with Gasteiger partial charge in [0, 0.05) is 25.4 Å². The van der Waals surface area contributed by atoms with Crippen molar-refractivity contribution >= 4 is 5.91 Å². The standard InChI is InChI=1S/C15H22N2O2/c1-17(13-7-5-3-4-6-8-13)15(18)12-9-10-14(19-2)16-11-12/h9-11,13H,3-8H2,1-2H3. The SMILES string of the molecule is COc1ccc(C(=O)N(C)C2CCCCCC2)cn1. The lowest BCUT2D eigenvalue weighted by Gasteiger charge is -2.27. The van der Waals surface area contributed by atoms with E-state index >= 15 is 0 Å². The van der Waals surface area contributed by atoms with Crippen LogP contribution in [-0.2, 0) is 0 Å². The lowest BCUT2D eigenvalue weighted by atomic mass is 10.1. The van der Waals surface area contributed by atoms with Crippen molar-refractivity contribution in [1.29, 1.82) is 0 Å². The van der Waals surface area contributed by atoms with Gasteiger partial charge in [0.05, 0.1) is 12.7 Å². The zero-order chi connectivity index (χ0) is 13.7. The van der Waals surface area contributed by atoms with Gasteiger partial charge in [0.25, 0.3) is 5.91 Å². The summed E-state index contributed by atoms with van der Waals surface area (Å²) in [5.41, 5.74) is 0.632. The summed E-state index contributed by atoms with van der Waals surface area (Å²) < 4.78 is 5.01. The highest BCUT2D eigenvalue weighted by Gasteiger charge is 2.22. The van der Waals surface area contributed by atoms with Crippen LogP contribution in [0.3, 0.4) is 0 Å². The second-order valence-electron chi connectivity index (χ2n) is 5.15. The number of rotatable bonds is 3. The summed E-state index contributed by atoms with van der Waals surface area (Å²) in [7, 11) is 3.48. The van der Waals surface area contributed by atoms with E-state index in [4.69, 9.17) is 4.74 Å². The molecular weight excluding hydrogens is 240 g/mol. The van der Waals surface area contributed by atoms with E-state index in [-0.39, 0.29) is 5.91 Å². The van der Waals surface area contributed by atoms with Gasteiger partial charge >= 0.3 is 0 Å². The van der Waals surface area contributed by atoms with Crippen molar-refractivity contribution in [2.75, 3.05) is 14.2 Å². The van der Waals surface area contributed by atoms with E-state index in [1.807, 2.05) is 11.9 Å². The van der Waals surface area contributed by atoms with Gasteiger partial charge in [0.15, 0.2) is 0 Å². The summed E-state index contributed by atoms with van der Waals surface area (Å²) in [6.45, 7) is 0. The molecule has 0 atom stereocenters. The van der Waals surface area contributed by atoms with Crippen LogP contribution in [0.5, 0.6) is 5.88 Å². The highest BCUT2D eigenvalue weighted by Crippen LogP contribution is 2.22. The van der Waals surface area contributed by atoms with Crippen LogP contribution in [0.2, 0.25) is 0 Å². The number of methoxy groups -OCH3 is 1. The van der Waals surface area contributed by atoms with Gasteiger partial charge in [-0.3, -0.25) is 4.79 Å². The van der Waals surface area contributed by atoms with Crippen LogP contribution in [0.15, 0.2) is 18.3 Å². The molecule has 0 saturated heterocycles. The summed E-state index contributed by atoms with van der Waals surface area (Å²) >= 11 is 0. The van der Waals surface area contributed by atoms with Crippen LogP contribution in [0.25, 0.3) is 0 Å². The van der Waals surface area contributed by atoms with E-state index in [2.05, 4.69) is 4.98 Å². The molecule has 4 nitrogen and oxygen atoms in total. The molecule has 2 rings (SSSR count). The maximum Gasteiger partial charge on any atom is 0.255 e. The maximum atomic E-state index is 12.4. The van der Waals surface area contributed by atoms with Crippen LogP contribution in [0, 0.1) is 0 Å². The molecule has 19 heavy (non-hydrogen) atoms. The van der Waals surface area contributed by atoms with Gasteiger partial charge in [-0.2, -0.15) is 0 Å². The normalized spacial score (nSPS) is 16.7. The number of carbonyl (C=O) groups excluding carboxylic acids is 1. The second-order valence-corrected chi connectivity index (χ2v) is 5.15. The molecule has 1 aliphatic carbocycles. The van der Waals surface area contributed by atoms with Crippen molar-refractivity contribution in [3.05, 3.63) is 23.9 Å². The maximum absolute atomic E-state index is 12.4. The van der Waals surface area contributed by atoms with Crippen molar-refractivity contribution < 1.29 is 9.53 Å². The number of carbonyl (C=O) groups is 1. The molecule has 104 valence electrons. The molecule has 1 heterocycles. The third-order valence-electron chi connectivity index (χ3n) is 3.89. The van der Waals surface area contributed by atoms with Crippen molar-refractivity contribution in [1.82, 2.24) is 9.88 Å². The first kappa shape index (κ1) is 13.8. The Morgan fingerprint density at radius 1 is 1.26 bits per heavy atom. The molecule has 1 saturated carbocycles. The smallest absolute Gasteiger partial charge is 0.255 e. The Morgan fingerprint density at radius 2 is 1.95 bits per heavy atom. The number of amides is 1. The number of hydrogen-bond donors (Lipinski definition) is 0. The summed E-state index contributed by atoms with van der Waals surface area (Å²) in [6, 6.07) is 3.88. The largest absolute Gasteiger partial charge is 0.481 e. The third kappa shape index (κ3) is 3.46. The fourth-order valence-electron chi connectivity index (χ4n) is 2.64. The summed E-state index contributed by atoms with van der Waals surface area (Å²) in [5, 5.41) is 0. The number of pyridine rings is 1. The zero-order valence-corrected chi connectivity index (χ0v) is 11.8. The predicted octanol–water partition coefficient (Wildman–Crippen LogP) is 2.89. The Balaban J connectivity index is 2.04. The number of aromatic nitrogens is 1. The van der Waals surface area contributed by atoms with Crippen molar-refractivity contribution in [3.8, 4) is 5.88 Å². The first-order chi connectivity index (χ1) is 9.22. The molecule has 1 aromatic heterocycles. The van der Waals surface area contributed by atoms with Gasteiger partial charge in [-0.25, -0.2) is 4.98 Å². The lowest BCUT2D eigenvalue weighted by molar-refractivity contribution is 0.0717. The highest BCUT2D eigenvalue weighted by atomic mass is 16.5.